The van der Waals surface area contributed by atoms with E-state index in [1.165, 1.54) is 0 Å². The SMILES string of the molecule is CCCCCC(OC(=O)CCCC(=O)OCCN(C)C)C(O)C/C=C\CCCCCCCC(N)=O. The summed E-state index contributed by atoms with van der Waals surface area (Å²) in [6.07, 6.45) is 14.0. The molecule has 0 bridgehead atoms. The number of carbonyl (C=O) groups is 3. The summed E-state index contributed by atoms with van der Waals surface area (Å²) in [5.41, 5.74) is 5.13. The second-order valence-electron chi connectivity index (χ2n) is 9.45. The van der Waals surface area contributed by atoms with Gasteiger partial charge in [0.2, 0.25) is 5.91 Å². The second-order valence-corrected chi connectivity index (χ2v) is 9.45. The third-order valence-electron chi connectivity index (χ3n) is 5.71. The normalized spacial score (nSPS) is 13.2. The maximum absolute atomic E-state index is 12.3. The zero-order valence-electron chi connectivity index (χ0n) is 22.3. The minimum atomic E-state index is -0.739. The van der Waals surface area contributed by atoms with E-state index < -0.39 is 12.2 Å². The van der Waals surface area contributed by atoms with Gasteiger partial charge in [-0.25, -0.2) is 0 Å². The molecule has 8 nitrogen and oxygen atoms in total. The summed E-state index contributed by atoms with van der Waals surface area (Å²) in [5, 5.41) is 10.6. The van der Waals surface area contributed by atoms with Crippen molar-refractivity contribution in [1.82, 2.24) is 4.90 Å². The van der Waals surface area contributed by atoms with Gasteiger partial charge in [-0.05, 0) is 59.0 Å². The average molecular weight is 499 g/mol. The largest absolute Gasteiger partial charge is 0.464 e. The Morgan fingerprint density at radius 3 is 2.26 bits per heavy atom. The third-order valence-corrected chi connectivity index (χ3v) is 5.71. The smallest absolute Gasteiger partial charge is 0.306 e. The van der Waals surface area contributed by atoms with E-state index in [1.807, 2.05) is 25.1 Å². The molecule has 204 valence electrons. The standard InChI is InChI=1S/C27H50N2O6/c1-4-5-12-17-24(35-27(33)20-15-19-26(32)34-22-21-29(2)3)23(30)16-13-10-8-6-7-9-11-14-18-25(28)31/h10,13,23-24,30H,4-9,11-12,14-22H2,1-3H3,(H2,28,31)/b13-10-. The Morgan fingerprint density at radius 2 is 1.57 bits per heavy atom. The Morgan fingerprint density at radius 1 is 0.886 bits per heavy atom. The zero-order valence-corrected chi connectivity index (χ0v) is 22.3. The molecule has 2 unspecified atom stereocenters. The molecule has 0 saturated carbocycles. The number of aliphatic hydroxyl groups is 1. The number of hydrogen-bond acceptors (Lipinski definition) is 7. The number of allylic oxidation sites excluding steroid dienone is 1. The van der Waals surface area contributed by atoms with Crippen molar-refractivity contribution >= 4 is 17.8 Å². The predicted octanol–water partition coefficient (Wildman–Crippen LogP) is 4.28. The number of likely N-dealkylation sites (N-methyl/N-ethyl adjacent to an activating group) is 1. The maximum atomic E-state index is 12.3. The number of hydrogen-bond donors (Lipinski definition) is 2. The molecule has 2 atom stereocenters. The first-order valence-corrected chi connectivity index (χ1v) is 13.4. The number of esters is 2. The zero-order chi connectivity index (χ0) is 26.3. The highest BCUT2D eigenvalue weighted by atomic mass is 16.6. The molecule has 0 aliphatic carbocycles. The number of aliphatic hydroxyl groups excluding tert-OH is 1. The number of unbranched alkanes of at least 4 members (excludes halogenated alkanes) is 7. The Hall–Kier alpha value is -1.93. The van der Waals surface area contributed by atoms with Gasteiger partial charge in [-0.15, -0.1) is 0 Å². The number of ether oxygens (including phenoxy) is 2. The summed E-state index contributed by atoms with van der Waals surface area (Å²) >= 11 is 0. The molecular weight excluding hydrogens is 448 g/mol. The lowest BCUT2D eigenvalue weighted by atomic mass is 10.0. The summed E-state index contributed by atoms with van der Waals surface area (Å²) in [6.45, 7) is 3.11. The molecule has 1 amide bonds. The van der Waals surface area contributed by atoms with E-state index in [1.54, 1.807) is 0 Å². The molecule has 0 aliphatic heterocycles. The van der Waals surface area contributed by atoms with Gasteiger partial charge in [0.05, 0.1) is 6.10 Å². The molecule has 0 aromatic carbocycles. The van der Waals surface area contributed by atoms with Crippen molar-refractivity contribution in [3.63, 3.8) is 0 Å². The summed E-state index contributed by atoms with van der Waals surface area (Å²) in [7, 11) is 3.81. The minimum absolute atomic E-state index is 0.134. The van der Waals surface area contributed by atoms with Gasteiger partial charge in [-0.3, -0.25) is 14.4 Å². The lowest BCUT2D eigenvalue weighted by Gasteiger charge is -2.22. The van der Waals surface area contributed by atoms with Crippen molar-refractivity contribution in [2.45, 2.75) is 115 Å². The third kappa shape index (κ3) is 22.3. The molecule has 0 aliphatic rings. The fourth-order valence-electron chi connectivity index (χ4n) is 3.54. The van der Waals surface area contributed by atoms with Crippen LogP contribution >= 0.6 is 0 Å². The van der Waals surface area contributed by atoms with Crippen LogP contribution in [0.3, 0.4) is 0 Å². The van der Waals surface area contributed by atoms with Gasteiger partial charge in [0.25, 0.3) is 0 Å². The molecular formula is C27H50N2O6. The summed E-state index contributed by atoms with van der Waals surface area (Å²) in [5.74, 6) is -0.928. The Labute approximate surface area is 212 Å². The van der Waals surface area contributed by atoms with E-state index in [4.69, 9.17) is 15.2 Å². The first-order valence-electron chi connectivity index (χ1n) is 13.4. The van der Waals surface area contributed by atoms with Crippen LogP contribution in [0.25, 0.3) is 0 Å². The van der Waals surface area contributed by atoms with Gasteiger partial charge in [-0.2, -0.15) is 0 Å². The Balaban J connectivity index is 4.23. The molecule has 0 spiro atoms. The monoisotopic (exact) mass is 498 g/mol. The fourth-order valence-corrected chi connectivity index (χ4v) is 3.54. The van der Waals surface area contributed by atoms with Crippen molar-refractivity contribution in [1.29, 1.82) is 0 Å². The van der Waals surface area contributed by atoms with Crippen molar-refractivity contribution in [2.24, 2.45) is 5.73 Å². The van der Waals surface area contributed by atoms with Gasteiger partial charge >= 0.3 is 11.9 Å². The molecule has 8 heteroatoms. The van der Waals surface area contributed by atoms with Crippen molar-refractivity contribution in [3.05, 3.63) is 12.2 Å². The van der Waals surface area contributed by atoms with Crippen molar-refractivity contribution < 1.29 is 29.0 Å². The fraction of sp³-hybridized carbons (Fsp3) is 0.815. The molecule has 3 N–H and O–H groups in total. The molecule has 0 saturated heterocycles. The van der Waals surface area contributed by atoms with Gasteiger partial charge in [0.1, 0.15) is 12.7 Å². The molecule has 0 aromatic rings. The first-order chi connectivity index (χ1) is 16.8. The summed E-state index contributed by atoms with van der Waals surface area (Å²) < 4.78 is 10.7. The molecule has 0 fully saturated rings. The van der Waals surface area contributed by atoms with Crippen LogP contribution in [0.4, 0.5) is 0 Å². The van der Waals surface area contributed by atoms with Gasteiger partial charge < -0.3 is 25.2 Å². The molecule has 35 heavy (non-hydrogen) atoms. The van der Waals surface area contributed by atoms with Crippen LogP contribution in [0.1, 0.15) is 103 Å². The van der Waals surface area contributed by atoms with Crippen LogP contribution in [0.15, 0.2) is 12.2 Å². The minimum Gasteiger partial charge on any atom is -0.464 e. The average Bonchev–Trinajstić information content (AvgIpc) is 2.79. The second kappa shape index (κ2) is 22.5. The number of rotatable bonds is 23. The Bertz CT molecular complexity index is 594. The highest BCUT2D eigenvalue weighted by molar-refractivity contribution is 5.73. The summed E-state index contributed by atoms with van der Waals surface area (Å²) in [6, 6.07) is 0. The van der Waals surface area contributed by atoms with Gasteiger partial charge in [-0.1, -0.05) is 51.2 Å². The number of nitrogens with zero attached hydrogens (tertiary/aromatic N) is 1. The van der Waals surface area contributed by atoms with E-state index in [2.05, 4.69) is 13.0 Å². The topological polar surface area (TPSA) is 119 Å². The number of carbonyl (C=O) groups excluding carboxylic acids is 3. The van der Waals surface area contributed by atoms with Gasteiger partial charge in [0.15, 0.2) is 0 Å². The predicted molar refractivity (Wildman–Crippen MR) is 139 cm³/mol. The molecule has 0 radical (unpaired) electrons. The van der Waals surface area contributed by atoms with Crippen molar-refractivity contribution in [2.75, 3.05) is 27.2 Å². The van der Waals surface area contributed by atoms with Crippen LogP contribution in [0.2, 0.25) is 0 Å². The van der Waals surface area contributed by atoms with E-state index in [0.717, 1.165) is 57.8 Å². The molecule has 0 heterocycles. The van der Waals surface area contributed by atoms with Gasteiger partial charge in [0, 0.05) is 25.8 Å². The molecule has 0 aromatic heterocycles. The van der Waals surface area contributed by atoms with E-state index in [-0.39, 0.29) is 30.7 Å². The van der Waals surface area contributed by atoms with Crippen molar-refractivity contribution in [3.8, 4) is 0 Å². The summed E-state index contributed by atoms with van der Waals surface area (Å²) in [4.78, 5) is 36.7. The van der Waals surface area contributed by atoms with Crippen LogP contribution in [-0.2, 0) is 23.9 Å². The number of nitrogens with two attached hydrogens (primary N) is 1. The molecule has 0 rings (SSSR count). The van der Waals surface area contributed by atoms with Crippen LogP contribution < -0.4 is 5.73 Å². The first kappa shape index (κ1) is 33.1. The number of amides is 1. The lowest BCUT2D eigenvalue weighted by Crippen LogP contribution is -2.31. The van der Waals surface area contributed by atoms with Crippen LogP contribution in [0.5, 0.6) is 0 Å². The lowest BCUT2D eigenvalue weighted by molar-refractivity contribution is -0.156. The van der Waals surface area contributed by atoms with E-state index in [0.29, 0.717) is 38.8 Å². The maximum Gasteiger partial charge on any atom is 0.306 e. The highest BCUT2D eigenvalue weighted by Gasteiger charge is 2.22. The van der Waals surface area contributed by atoms with E-state index >= 15 is 0 Å². The quantitative estimate of drug-likeness (QED) is 0.123. The Kier molecular flexibility index (Phi) is 21.3. The van der Waals surface area contributed by atoms with Crippen LogP contribution in [0, 0.1) is 0 Å². The highest BCUT2D eigenvalue weighted by Crippen LogP contribution is 2.16. The number of primary amides is 1. The van der Waals surface area contributed by atoms with Crippen LogP contribution in [-0.4, -0.2) is 67.3 Å². The van der Waals surface area contributed by atoms with E-state index in [9.17, 15) is 19.5 Å².